The van der Waals surface area contributed by atoms with Crippen molar-refractivity contribution in [3.05, 3.63) is 28.8 Å². The molecule has 0 amide bonds. The van der Waals surface area contributed by atoms with E-state index in [1.165, 1.54) is 48.1 Å². The molecule has 144 valence electrons. The molecule has 0 aliphatic rings. The Balaban J connectivity index is 3.07. The highest BCUT2D eigenvalue weighted by atomic mass is 32.2. The van der Waals surface area contributed by atoms with Crippen LogP contribution in [0.1, 0.15) is 97.8 Å². The number of hydrogen-bond donors (Lipinski definition) is 1. The van der Waals surface area contributed by atoms with Gasteiger partial charge in [0.05, 0.1) is 0 Å². The fourth-order valence-corrected chi connectivity index (χ4v) is 4.75. The van der Waals surface area contributed by atoms with Crippen LogP contribution < -0.4 is 0 Å². The zero-order valence-electron chi connectivity index (χ0n) is 17.8. The summed E-state index contributed by atoms with van der Waals surface area (Å²) in [4.78, 5) is 0. The molecule has 0 bridgehead atoms. The van der Waals surface area contributed by atoms with E-state index in [9.17, 15) is 5.11 Å². The van der Waals surface area contributed by atoms with Gasteiger partial charge in [-0.15, -0.1) is 0 Å². The van der Waals surface area contributed by atoms with Crippen molar-refractivity contribution in [2.75, 3.05) is 5.75 Å². The van der Waals surface area contributed by atoms with Crippen LogP contribution >= 0.6 is 11.8 Å². The normalized spacial score (nSPS) is 13.9. The lowest BCUT2D eigenvalue weighted by atomic mass is 9.76. The van der Waals surface area contributed by atoms with Crippen molar-refractivity contribution in [1.29, 1.82) is 0 Å². The second-order valence-corrected chi connectivity index (χ2v) is 10.5. The molecular weight excluding hydrogens is 324 g/mol. The molecule has 0 spiro atoms. The molecule has 1 nitrogen and oxygen atoms in total. The van der Waals surface area contributed by atoms with Gasteiger partial charge >= 0.3 is 0 Å². The van der Waals surface area contributed by atoms with Crippen LogP contribution in [0.25, 0.3) is 0 Å². The Kier molecular flexibility index (Phi) is 8.38. The van der Waals surface area contributed by atoms with Gasteiger partial charge < -0.3 is 5.11 Å². The summed E-state index contributed by atoms with van der Waals surface area (Å²) in [5.41, 5.74) is 4.12. The second-order valence-electron chi connectivity index (χ2n) is 9.45. The maximum atomic E-state index is 10.3. The van der Waals surface area contributed by atoms with Crippen molar-refractivity contribution in [1.82, 2.24) is 0 Å². The van der Waals surface area contributed by atoms with E-state index in [-0.39, 0.29) is 10.8 Å². The summed E-state index contributed by atoms with van der Waals surface area (Å²) in [5, 5.41) is 10.3. The Hall–Kier alpha value is -0.630. The van der Waals surface area contributed by atoms with Crippen LogP contribution in [0.3, 0.4) is 0 Å². The van der Waals surface area contributed by atoms with E-state index in [4.69, 9.17) is 0 Å². The smallest absolute Gasteiger partial charge is 0.116 e. The molecule has 0 heterocycles. The Morgan fingerprint density at radius 3 is 1.88 bits per heavy atom. The Bertz CT molecular complexity index is 499. The number of hydrogen-bond acceptors (Lipinski definition) is 2. The molecular formula is C23H40OS. The van der Waals surface area contributed by atoms with E-state index >= 15 is 0 Å². The predicted molar refractivity (Wildman–Crippen MR) is 115 cm³/mol. The third-order valence-corrected chi connectivity index (χ3v) is 6.19. The van der Waals surface area contributed by atoms with Gasteiger partial charge in [0.15, 0.2) is 0 Å². The van der Waals surface area contributed by atoms with Crippen molar-refractivity contribution in [2.45, 2.75) is 97.7 Å². The molecule has 2 heteroatoms. The highest BCUT2D eigenvalue weighted by molar-refractivity contribution is 7.98. The lowest BCUT2D eigenvalue weighted by molar-refractivity contribution is 0.464. The van der Waals surface area contributed by atoms with Crippen molar-refractivity contribution < 1.29 is 5.11 Å². The summed E-state index contributed by atoms with van der Waals surface area (Å²) in [7, 11) is 0. The number of thioether (sulfide) groups is 1. The minimum Gasteiger partial charge on any atom is -0.508 e. The molecule has 1 N–H and O–H groups in total. The SMILES string of the molecule is CCCCC(CC)CSCc1c(C(C)(C)C)cc(O)cc1C(C)(C)C. The number of phenolic OH excluding ortho intramolecular Hbond substituents is 1. The lowest BCUT2D eigenvalue weighted by Gasteiger charge is -2.30. The fourth-order valence-electron chi connectivity index (χ4n) is 3.38. The molecule has 25 heavy (non-hydrogen) atoms. The van der Waals surface area contributed by atoms with E-state index < -0.39 is 0 Å². The number of rotatable bonds is 8. The highest BCUT2D eigenvalue weighted by Crippen LogP contribution is 2.39. The highest BCUT2D eigenvalue weighted by Gasteiger charge is 2.26. The van der Waals surface area contributed by atoms with Crippen LogP contribution in [0.2, 0.25) is 0 Å². The van der Waals surface area contributed by atoms with Gasteiger partial charge in [-0.2, -0.15) is 11.8 Å². The maximum Gasteiger partial charge on any atom is 0.116 e. The van der Waals surface area contributed by atoms with Gasteiger partial charge in [0.1, 0.15) is 5.75 Å². The zero-order valence-corrected chi connectivity index (χ0v) is 18.6. The van der Waals surface area contributed by atoms with E-state index in [0.717, 1.165) is 11.7 Å². The number of unbranched alkanes of at least 4 members (excludes halogenated alkanes) is 1. The zero-order chi connectivity index (χ0) is 19.3. The minimum absolute atomic E-state index is 0.0427. The molecule has 1 aromatic rings. The first-order valence-electron chi connectivity index (χ1n) is 9.95. The summed E-state index contributed by atoms with van der Waals surface area (Å²) in [6, 6.07) is 3.97. The van der Waals surface area contributed by atoms with Crippen LogP contribution in [0.5, 0.6) is 5.75 Å². The van der Waals surface area contributed by atoms with Gasteiger partial charge in [-0.3, -0.25) is 0 Å². The number of phenols is 1. The van der Waals surface area contributed by atoms with Gasteiger partial charge in [-0.05, 0) is 57.7 Å². The summed E-state index contributed by atoms with van der Waals surface area (Å²) in [6.45, 7) is 18.1. The number of benzene rings is 1. The topological polar surface area (TPSA) is 20.2 Å². The minimum atomic E-state index is 0.0427. The van der Waals surface area contributed by atoms with E-state index in [2.05, 4.69) is 67.2 Å². The quantitative estimate of drug-likeness (QED) is 0.517. The largest absolute Gasteiger partial charge is 0.508 e. The average molecular weight is 365 g/mol. The second kappa shape index (κ2) is 9.35. The fraction of sp³-hybridized carbons (Fsp3) is 0.739. The van der Waals surface area contributed by atoms with Crippen LogP contribution in [-0.4, -0.2) is 10.9 Å². The van der Waals surface area contributed by atoms with Gasteiger partial charge in [0.25, 0.3) is 0 Å². The molecule has 0 aromatic heterocycles. The molecule has 1 atom stereocenters. The molecule has 0 saturated carbocycles. The molecule has 1 rings (SSSR count). The van der Waals surface area contributed by atoms with Crippen LogP contribution in [0.4, 0.5) is 0 Å². The van der Waals surface area contributed by atoms with Gasteiger partial charge in [-0.1, -0.05) is 74.7 Å². The van der Waals surface area contributed by atoms with Crippen molar-refractivity contribution >= 4 is 11.8 Å². The first-order valence-corrected chi connectivity index (χ1v) is 11.1. The summed E-state index contributed by atoms with van der Waals surface area (Å²) in [6.07, 6.45) is 5.27. The van der Waals surface area contributed by atoms with E-state index in [1.807, 2.05) is 12.1 Å². The number of aromatic hydroxyl groups is 1. The standard InChI is InChI=1S/C23H40OS/c1-9-11-12-17(10-2)15-25-16-19-20(22(3,4)5)13-18(24)14-21(19)23(6,7)8/h13-14,17,24H,9-12,15-16H2,1-8H3. The first kappa shape index (κ1) is 22.4. The first-order chi connectivity index (χ1) is 11.5. The molecule has 0 aliphatic heterocycles. The Morgan fingerprint density at radius 2 is 1.48 bits per heavy atom. The summed E-state index contributed by atoms with van der Waals surface area (Å²) in [5.74, 6) is 3.52. The third kappa shape index (κ3) is 6.89. The summed E-state index contributed by atoms with van der Waals surface area (Å²) < 4.78 is 0. The molecule has 0 aliphatic carbocycles. The van der Waals surface area contributed by atoms with E-state index in [1.54, 1.807) is 0 Å². The molecule has 0 saturated heterocycles. The van der Waals surface area contributed by atoms with Crippen molar-refractivity contribution in [3.8, 4) is 5.75 Å². The van der Waals surface area contributed by atoms with Crippen molar-refractivity contribution in [2.24, 2.45) is 5.92 Å². The lowest BCUT2D eigenvalue weighted by Crippen LogP contribution is -2.21. The van der Waals surface area contributed by atoms with Crippen LogP contribution in [0, 0.1) is 5.92 Å². The Labute approximate surface area is 161 Å². The molecule has 0 radical (unpaired) electrons. The van der Waals surface area contributed by atoms with Crippen LogP contribution in [-0.2, 0) is 16.6 Å². The van der Waals surface area contributed by atoms with Crippen molar-refractivity contribution in [3.63, 3.8) is 0 Å². The molecule has 1 unspecified atom stereocenters. The van der Waals surface area contributed by atoms with Gasteiger partial charge in [-0.25, -0.2) is 0 Å². The van der Waals surface area contributed by atoms with Crippen LogP contribution in [0.15, 0.2) is 12.1 Å². The van der Waals surface area contributed by atoms with E-state index in [0.29, 0.717) is 5.75 Å². The summed E-state index contributed by atoms with van der Waals surface area (Å²) >= 11 is 2.07. The third-order valence-electron chi connectivity index (χ3n) is 4.99. The average Bonchev–Trinajstić information content (AvgIpc) is 2.49. The molecule has 0 fully saturated rings. The maximum absolute atomic E-state index is 10.3. The Morgan fingerprint density at radius 1 is 0.960 bits per heavy atom. The monoisotopic (exact) mass is 364 g/mol. The van der Waals surface area contributed by atoms with Gasteiger partial charge in [0.2, 0.25) is 0 Å². The molecule has 1 aromatic carbocycles. The van der Waals surface area contributed by atoms with Gasteiger partial charge in [0, 0.05) is 5.75 Å². The predicted octanol–water partition coefficient (Wildman–Crippen LogP) is 7.44.